The van der Waals surface area contributed by atoms with Crippen molar-refractivity contribution < 1.29 is 4.79 Å². The molecule has 116 valence electrons. The molecule has 3 rings (SSSR count). The van der Waals surface area contributed by atoms with Crippen LogP contribution < -0.4 is 10.6 Å². The first kappa shape index (κ1) is 15.0. The molecule has 0 aliphatic rings. The van der Waals surface area contributed by atoms with Crippen LogP contribution in [0.2, 0.25) is 0 Å². The molecule has 0 saturated carbocycles. The summed E-state index contributed by atoms with van der Waals surface area (Å²) in [6.07, 6.45) is 2.67. The van der Waals surface area contributed by atoms with E-state index in [1.807, 2.05) is 49.4 Å². The normalized spacial score (nSPS) is 10.5. The lowest BCUT2D eigenvalue weighted by molar-refractivity contribution is 0.0949. The monoisotopic (exact) mass is 306 g/mol. The summed E-state index contributed by atoms with van der Waals surface area (Å²) in [6.45, 7) is 2.66. The van der Waals surface area contributed by atoms with Crippen molar-refractivity contribution in [2.45, 2.75) is 13.3 Å². The summed E-state index contributed by atoms with van der Waals surface area (Å²) < 4.78 is 0. The van der Waals surface area contributed by atoms with Crippen molar-refractivity contribution in [1.29, 1.82) is 0 Å². The minimum absolute atomic E-state index is 0.154. The van der Waals surface area contributed by atoms with Gasteiger partial charge in [-0.05, 0) is 42.8 Å². The van der Waals surface area contributed by atoms with E-state index in [1.54, 1.807) is 12.3 Å². The van der Waals surface area contributed by atoms with Crippen LogP contribution in [0.25, 0.3) is 10.9 Å². The maximum atomic E-state index is 12.0. The Hall–Kier alpha value is -2.95. The Balaban J connectivity index is 1.80. The van der Waals surface area contributed by atoms with E-state index in [9.17, 15) is 4.79 Å². The van der Waals surface area contributed by atoms with Crippen LogP contribution in [0.5, 0.6) is 0 Å². The van der Waals surface area contributed by atoms with E-state index in [2.05, 4.69) is 20.6 Å². The van der Waals surface area contributed by atoms with Gasteiger partial charge in [0.2, 0.25) is 0 Å². The molecule has 23 heavy (non-hydrogen) atoms. The van der Waals surface area contributed by atoms with Gasteiger partial charge in [-0.15, -0.1) is 0 Å². The lowest BCUT2D eigenvalue weighted by atomic mass is 10.2. The molecule has 0 unspecified atom stereocenters. The molecule has 0 aliphatic heterocycles. The van der Waals surface area contributed by atoms with Gasteiger partial charge in [-0.1, -0.05) is 19.1 Å². The number of aromatic nitrogens is 2. The second kappa shape index (κ2) is 6.87. The van der Waals surface area contributed by atoms with Gasteiger partial charge in [0.05, 0.1) is 5.52 Å². The molecule has 0 radical (unpaired) electrons. The lowest BCUT2D eigenvalue weighted by Crippen LogP contribution is -2.25. The minimum atomic E-state index is -0.154. The highest BCUT2D eigenvalue weighted by Gasteiger charge is 2.07. The number of hydrogen-bond acceptors (Lipinski definition) is 4. The van der Waals surface area contributed by atoms with Gasteiger partial charge < -0.3 is 10.6 Å². The molecule has 1 amide bonds. The van der Waals surface area contributed by atoms with Gasteiger partial charge in [0, 0.05) is 23.8 Å². The van der Waals surface area contributed by atoms with E-state index in [1.165, 1.54) is 0 Å². The Bertz CT molecular complexity index is 832. The van der Waals surface area contributed by atoms with Crippen LogP contribution in [0.3, 0.4) is 0 Å². The highest BCUT2D eigenvalue weighted by molar-refractivity contribution is 5.92. The van der Waals surface area contributed by atoms with E-state index < -0.39 is 0 Å². The van der Waals surface area contributed by atoms with Crippen LogP contribution >= 0.6 is 0 Å². The van der Waals surface area contributed by atoms with E-state index in [-0.39, 0.29) is 5.91 Å². The van der Waals surface area contributed by atoms with Crippen molar-refractivity contribution in [1.82, 2.24) is 15.3 Å². The summed E-state index contributed by atoms with van der Waals surface area (Å²) in [4.78, 5) is 20.6. The number of rotatable bonds is 5. The van der Waals surface area contributed by atoms with Crippen LogP contribution in [0.1, 0.15) is 23.8 Å². The number of nitrogens with one attached hydrogen (secondary N) is 2. The SMILES string of the molecule is CCCNC(=O)c1cccc(Nc2ccc3ncccc3c2)n1. The molecule has 5 heteroatoms. The van der Waals surface area contributed by atoms with E-state index in [4.69, 9.17) is 0 Å². The number of fused-ring (bicyclic) bond motifs is 1. The largest absolute Gasteiger partial charge is 0.351 e. The summed E-state index contributed by atoms with van der Waals surface area (Å²) in [5.41, 5.74) is 2.26. The number of amides is 1. The molecule has 0 spiro atoms. The molecule has 0 aliphatic carbocycles. The number of nitrogens with zero attached hydrogens (tertiary/aromatic N) is 2. The maximum Gasteiger partial charge on any atom is 0.269 e. The van der Waals surface area contributed by atoms with Crippen LogP contribution in [-0.2, 0) is 0 Å². The molecular weight excluding hydrogens is 288 g/mol. The number of carbonyl (C=O) groups is 1. The molecule has 5 nitrogen and oxygen atoms in total. The third-order valence-electron chi connectivity index (χ3n) is 3.39. The highest BCUT2D eigenvalue weighted by atomic mass is 16.1. The predicted octanol–water partition coefficient (Wildman–Crippen LogP) is 3.51. The fraction of sp³-hybridized carbons (Fsp3) is 0.167. The second-order valence-corrected chi connectivity index (χ2v) is 5.20. The molecule has 0 fully saturated rings. The Kier molecular flexibility index (Phi) is 4.47. The van der Waals surface area contributed by atoms with Crippen molar-refractivity contribution in [2.75, 3.05) is 11.9 Å². The lowest BCUT2D eigenvalue weighted by Gasteiger charge is -2.08. The topological polar surface area (TPSA) is 66.9 Å². The zero-order chi connectivity index (χ0) is 16.1. The molecule has 0 atom stereocenters. The smallest absolute Gasteiger partial charge is 0.269 e. The average Bonchev–Trinajstić information content (AvgIpc) is 2.60. The molecule has 2 heterocycles. The Morgan fingerprint density at radius 3 is 2.91 bits per heavy atom. The minimum Gasteiger partial charge on any atom is -0.351 e. The quantitative estimate of drug-likeness (QED) is 0.757. The summed E-state index contributed by atoms with van der Waals surface area (Å²) in [6, 6.07) is 15.2. The highest BCUT2D eigenvalue weighted by Crippen LogP contribution is 2.20. The molecule has 0 saturated heterocycles. The van der Waals surface area contributed by atoms with Crippen molar-refractivity contribution in [3.63, 3.8) is 0 Å². The molecule has 0 bridgehead atoms. The first-order valence-electron chi connectivity index (χ1n) is 7.63. The number of benzene rings is 1. The van der Waals surface area contributed by atoms with Gasteiger partial charge in [-0.2, -0.15) is 0 Å². The fourth-order valence-electron chi connectivity index (χ4n) is 2.26. The molecule has 1 aromatic carbocycles. The maximum absolute atomic E-state index is 12.0. The average molecular weight is 306 g/mol. The molecule has 2 N–H and O–H groups in total. The zero-order valence-electron chi connectivity index (χ0n) is 12.9. The van der Waals surface area contributed by atoms with Crippen LogP contribution in [0, 0.1) is 0 Å². The molecule has 3 aromatic rings. The van der Waals surface area contributed by atoms with Gasteiger partial charge in [0.15, 0.2) is 0 Å². The van der Waals surface area contributed by atoms with E-state index >= 15 is 0 Å². The van der Waals surface area contributed by atoms with Crippen LogP contribution in [0.4, 0.5) is 11.5 Å². The molecule has 2 aromatic heterocycles. The summed E-state index contributed by atoms with van der Waals surface area (Å²) in [5.74, 6) is 0.482. The zero-order valence-corrected chi connectivity index (χ0v) is 12.9. The van der Waals surface area contributed by atoms with Crippen LogP contribution in [0.15, 0.2) is 54.7 Å². The fourth-order valence-corrected chi connectivity index (χ4v) is 2.26. The summed E-state index contributed by atoms with van der Waals surface area (Å²) >= 11 is 0. The van der Waals surface area contributed by atoms with Gasteiger partial charge >= 0.3 is 0 Å². The molecular formula is C18H18N4O. The second-order valence-electron chi connectivity index (χ2n) is 5.20. The Labute approximate surface area is 134 Å². The third kappa shape index (κ3) is 3.63. The van der Waals surface area contributed by atoms with Crippen molar-refractivity contribution in [3.8, 4) is 0 Å². The van der Waals surface area contributed by atoms with Gasteiger partial charge in [-0.25, -0.2) is 4.98 Å². The Morgan fingerprint density at radius 2 is 2.04 bits per heavy atom. The van der Waals surface area contributed by atoms with Crippen molar-refractivity contribution in [2.24, 2.45) is 0 Å². The Morgan fingerprint density at radius 1 is 1.13 bits per heavy atom. The van der Waals surface area contributed by atoms with Gasteiger partial charge in [0.25, 0.3) is 5.91 Å². The summed E-state index contributed by atoms with van der Waals surface area (Å²) in [7, 11) is 0. The third-order valence-corrected chi connectivity index (χ3v) is 3.39. The van der Waals surface area contributed by atoms with Crippen molar-refractivity contribution in [3.05, 3.63) is 60.4 Å². The first-order chi connectivity index (χ1) is 11.3. The number of pyridine rings is 2. The van der Waals surface area contributed by atoms with E-state index in [0.29, 0.717) is 18.1 Å². The number of carbonyl (C=O) groups excluding carboxylic acids is 1. The van der Waals surface area contributed by atoms with Crippen molar-refractivity contribution >= 4 is 28.3 Å². The van der Waals surface area contributed by atoms with Crippen LogP contribution in [-0.4, -0.2) is 22.4 Å². The van der Waals surface area contributed by atoms with E-state index in [0.717, 1.165) is 23.0 Å². The van der Waals surface area contributed by atoms with Gasteiger partial charge in [-0.3, -0.25) is 9.78 Å². The van der Waals surface area contributed by atoms with Gasteiger partial charge in [0.1, 0.15) is 11.5 Å². The number of hydrogen-bond donors (Lipinski definition) is 2. The first-order valence-corrected chi connectivity index (χ1v) is 7.63. The standard InChI is InChI=1S/C18H18N4O/c1-2-10-20-18(23)16-6-3-7-17(22-16)21-14-8-9-15-13(12-14)5-4-11-19-15/h3-9,11-12H,2,10H2,1H3,(H,20,23)(H,21,22). The predicted molar refractivity (Wildman–Crippen MR) is 91.9 cm³/mol. The number of anilines is 2. The summed E-state index contributed by atoms with van der Waals surface area (Å²) in [5, 5.41) is 7.11.